The molecule has 19 heteroatoms. The maximum atomic E-state index is 13.1. The lowest BCUT2D eigenvalue weighted by atomic mass is 9.99. The van der Waals surface area contributed by atoms with Gasteiger partial charge in [-0.1, -0.05) is 336 Å². The molecule has 3 N–H and O–H groups in total. The normalized spacial score (nSPS) is 14.3. The van der Waals surface area contributed by atoms with Crippen LogP contribution in [0.2, 0.25) is 0 Å². The van der Waals surface area contributed by atoms with Gasteiger partial charge in [-0.2, -0.15) is 0 Å². The van der Waals surface area contributed by atoms with Crippen LogP contribution in [-0.2, 0) is 65.4 Å². The van der Waals surface area contributed by atoms with Crippen LogP contribution in [0, 0.1) is 5.92 Å². The van der Waals surface area contributed by atoms with Gasteiger partial charge in [0.15, 0.2) is 12.2 Å². The summed E-state index contributed by atoms with van der Waals surface area (Å²) < 4.78 is 68.4. The van der Waals surface area contributed by atoms with Crippen molar-refractivity contribution in [2.75, 3.05) is 39.6 Å². The molecular weight excluding hydrogens is 1220 g/mol. The van der Waals surface area contributed by atoms with Gasteiger partial charge in [0.25, 0.3) is 0 Å². The lowest BCUT2D eigenvalue weighted by Crippen LogP contribution is -2.30. The first kappa shape index (κ1) is 91.1. The molecular formula is C74H144O17P2. The number of aliphatic hydroxyl groups excluding tert-OH is 1. The van der Waals surface area contributed by atoms with Crippen molar-refractivity contribution in [2.45, 2.75) is 406 Å². The number of ether oxygens (including phenoxy) is 4. The van der Waals surface area contributed by atoms with Gasteiger partial charge < -0.3 is 33.8 Å². The van der Waals surface area contributed by atoms with Crippen LogP contribution in [0.15, 0.2) is 0 Å². The Morgan fingerprint density at radius 2 is 0.516 bits per heavy atom. The van der Waals surface area contributed by atoms with Crippen molar-refractivity contribution in [3.63, 3.8) is 0 Å². The first-order valence-electron chi connectivity index (χ1n) is 38.7. The van der Waals surface area contributed by atoms with Gasteiger partial charge in [-0.3, -0.25) is 37.3 Å². The van der Waals surface area contributed by atoms with Crippen molar-refractivity contribution in [1.29, 1.82) is 0 Å². The Morgan fingerprint density at radius 1 is 0.301 bits per heavy atom. The molecule has 0 rings (SSSR count). The van der Waals surface area contributed by atoms with E-state index in [1.54, 1.807) is 0 Å². The van der Waals surface area contributed by atoms with E-state index >= 15 is 0 Å². The minimum Gasteiger partial charge on any atom is -0.462 e. The van der Waals surface area contributed by atoms with Crippen LogP contribution in [0.5, 0.6) is 0 Å². The topological polar surface area (TPSA) is 237 Å². The molecule has 0 radical (unpaired) electrons. The number of phosphoric ester groups is 2. The number of unbranched alkanes of at least 4 members (excludes halogenated alkanes) is 45. The molecule has 0 aromatic heterocycles. The number of carbonyl (C=O) groups is 4. The molecule has 0 saturated heterocycles. The van der Waals surface area contributed by atoms with Crippen LogP contribution >= 0.6 is 15.6 Å². The Labute approximate surface area is 568 Å². The predicted molar refractivity (Wildman–Crippen MR) is 377 cm³/mol. The first-order chi connectivity index (χ1) is 45.1. The molecule has 0 aromatic carbocycles. The maximum Gasteiger partial charge on any atom is 0.472 e. The summed E-state index contributed by atoms with van der Waals surface area (Å²) in [7, 11) is -9.90. The minimum atomic E-state index is -4.95. The quantitative estimate of drug-likeness (QED) is 0.0222. The standard InChI is InChI=1S/C74H144O17P2/c1-6-10-13-16-19-21-23-25-26-31-34-38-43-48-53-58-72(77)85-64-70(91-74(79)60-55-50-45-40-36-32-28-27-30-33-37-42-46-51-56-67(5)9-4)66-89-93(82,83)87-62-68(75)61-86-92(80,81)88-65-69(63-84-71(76)57-52-47-41-18-15-12-8-3)90-73(78)59-54-49-44-39-35-29-24-22-20-17-14-11-7-2/h67-70,75H,6-66H2,1-5H3,(H,80,81)(H,82,83)/t67?,68-,69+,70+/m0/s1. The van der Waals surface area contributed by atoms with Crippen molar-refractivity contribution in [3.8, 4) is 0 Å². The van der Waals surface area contributed by atoms with Gasteiger partial charge in [-0.05, 0) is 31.6 Å². The average Bonchev–Trinajstić information content (AvgIpc) is 3.02. The third-order valence-corrected chi connectivity index (χ3v) is 19.5. The Bertz CT molecular complexity index is 1790. The second-order valence-electron chi connectivity index (χ2n) is 26.9. The fraction of sp³-hybridized carbons (Fsp3) is 0.946. The fourth-order valence-electron chi connectivity index (χ4n) is 11.3. The summed E-state index contributed by atoms with van der Waals surface area (Å²) in [6.07, 6.45) is 55.4. The van der Waals surface area contributed by atoms with Gasteiger partial charge in [0.05, 0.1) is 26.4 Å². The van der Waals surface area contributed by atoms with Gasteiger partial charge in [0.1, 0.15) is 19.3 Å². The monoisotopic (exact) mass is 1370 g/mol. The van der Waals surface area contributed by atoms with Crippen molar-refractivity contribution in [2.24, 2.45) is 5.92 Å². The number of hydrogen-bond donors (Lipinski definition) is 3. The van der Waals surface area contributed by atoms with Crippen molar-refractivity contribution >= 4 is 39.5 Å². The zero-order valence-electron chi connectivity index (χ0n) is 60.4. The molecule has 0 fully saturated rings. The van der Waals surface area contributed by atoms with Crippen molar-refractivity contribution in [3.05, 3.63) is 0 Å². The second kappa shape index (κ2) is 67.3. The molecule has 17 nitrogen and oxygen atoms in total. The molecule has 0 aliphatic heterocycles. The van der Waals surface area contributed by atoms with Crippen molar-refractivity contribution in [1.82, 2.24) is 0 Å². The van der Waals surface area contributed by atoms with E-state index in [9.17, 15) is 43.2 Å². The second-order valence-corrected chi connectivity index (χ2v) is 29.8. The highest BCUT2D eigenvalue weighted by Gasteiger charge is 2.30. The van der Waals surface area contributed by atoms with Gasteiger partial charge in [0.2, 0.25) is 0 Å². The summed E-state index contributed by atoms with van der Waals surface area (Å²) in [5.41, 5.74) is 0. The highest BCUT2D eigenvalue weighted by molar-refractivity contribution is 7.47. The van der Waals surface area contributed by atoms with Gasteiger partial charge in [-0.25, -0.2) is 9.13 Å². The van der Waals surface area contributed by atoms with E-state index in [2.05, 4.69) is 34.6 Å². The van der Waals surface area contributed by atoms with E-state index in [-0.39, 0.29) is 25.7 Å². The molecule has 0 aliphatic carbocycles. The van der Waals surface area contributed by atoms with E-state index in [1.807, 2.05) is 0 Å². The number of esters is 4. The minimum absolute atomic E-state index is 0.108. The van der Waals surface area contributed by atoms with Crippen LogP contribution in [0.1, 0.15) is 388 Å². The van der Waals surface area contributed by atoms with E-state index < -0.39 is 97.5 Å². The summed E-state index contributed by atoms with van der Waals surface area (Å²) in [5, 5.41) is 10.6. The molecule has 552 valence electrons. The van der Waals surface area contributed by atoms with E-state index in [0.29, 0.717) is 25.7 Å². The average molecular weight is 1370 g/mol. The van der Waals surface area contributed by atoms with Crippen LogP contribution in [0.3, 0.4) is 0 Å². The van der Waals surface area contributed by atoms with Crippen LogP contribution in [0.4, 0.5) is 0 Å². The number of rotatable bonds is 74. The number of hydrogen-bond acceptors (Lipinski definition) is 15. The number of carbonyl (C=O) groups excluding carboxylic acids is 4. The predicted octanol–water partition coefficient (Wildman–Crippen LogP) is 21.7. The summed E-state index contributed by atoms with van der Waals surface area (Å²) in [4.78, 5) is 72.6. The van der Waals surface area contributed by atoms with E-state index in [1.165, 1.54) is 199 Å². The van der Waals surface area contributed by atoms with Gasteiger partial charge in [-0.15, -0.1) is 0 Å². The molecule has 0 saturated carbocycles. The van der Waals surface area contributed by atoms with Crippen LogP contribution in [0.25, 0.3) is 0 Å². The molecule has 6 atom stereocenters. The smallest absolute Gasteiger partial charge is 0.462 e. The lowest BCUT2D eigenvalue weighted by molar-refractivity contribution is -0.161. The Hall–Kier alpha value is -1.94. The lowest BCUT2D eigenvalue weighted by Gasteiger charge is -2.21. The summed E-state index contributed by atoms with van der Waals surface area (Å²) in [6.45, 7) is 7.30. The summed E-state index contributed by atoms with van der Waals surface area (Å²) in [6, 6.07) is 0. The highest BCUT2D eigenvalue weighted by atomic mass is 31.2. The fourth-order valence-corrected chi connectivity index (χ4v) is 12.9. The molecule has 0 aromatic rings. The zero-order valence-corrected chi connectivity index (χ0v) is 62.2. The summed E-state index contributed by atoms with van der Waals surface area (Å²) >= 11 is 0. The van der Waals surface area contributed by atoms with Gasteiger partial charge >= 0.3 is 39.5 Å². The Balaban J connectivity index is 5.20. The summed E-state index contributed by atoms with van der Waals surface area (Å²) in [5.74, 6) is -1.27. The van der Waals surface area contributed by atoms with Gasteiger partial charge in [0, 0.05) is 25.7 Å². The first-order valence-corrected chi connectivity index (χ1v) is 41.7. The van der Waals surface area contributed by atoms with E-state index in [4.69, 9.17) is 37.0 Å². The third kappa shape index (κ3) is 67.0. The molecule has 0 heterocycles. The molecule has 0 spiro atoms. The molecule has 0 bridgehead atoms. The molecule has 3 unspecified atom stereocenters. The SMILES string of the molecule is CCCCCCCCCCCCCCCCCC(=O)OC[C@H](COP(=O)(O)OC[C@@H](O)COP(=O)(O)OC[C@@H](COC(=O)CCCCCCCCC)OC(=O)CCCCCCCCCCCCCCC)OC(=O)CCCCCCCCCCCCCCCCC(C)CC. The zero-order chi connectivity index (χ0) is 68.4. The highest BCUT2D eigenvalue weighted by Crippen LogP contribution is 2.45. The Kier molecular flexibility index (Phi) is 65.9. The van der Waals surface area contributed by atoms with Crippen molar-refractivity contribution < 1.29 is 80.2 Å². The maximum absolute atomic E-state index is 13.1. The van der Waals surface area contributed by atoms with E-state index in [0.717, 1.165) is 109 Å². The molecule has 93 heavy (non-hydrogen) atoms. The molecule has 0 amide bonds. The van der Waals surface area contributed by atoms with Crippen LogP contribution < -0.4 is 0 Å². The molecule has 0 aliphatic rings. The Morgan fingerprint density at radius 3 is 0.763 bits per heavy atom. The van der Waals surface area contributed by atoms with Crippen LogP contribution in [-0.4, -0.2) is 96.7 Å². The number of aliphatic hydroxyl groups is 1. The number of phosphoric acid groups is 2. The largest absolute Gasteiger partial charge is 0.472 e. The third-order valence-electron chi connectivity index (χ3n) is 17.6.